The van der Waals surface area contributed by atoms with Gasteiger partial charge in [-0.15, -0.1) is 0 Å². The van der Waals surface area contributed by atoms with E-state index >= 15 is 0 Å². The summed E-state index contributed by atoms with van der Waals surface area (Å²) in [4.78, 5) is 35.6. The highest BCUT2D eigenvalue weighted by Gasteiger charge is 2.26. The molecule has 0 aromatic heterocycles. The summed E-state index contributed by atoms with van der Waals surface area (Å²) < 4.78 is 0.881. The van der Waals surface area contributed by atoms with Gasteiger partial charge in [-0.2, -0.15) is 0 Å². The number of carbonyl (C=O) groups excluding carboxylic acids is 3. The Hall–Kier alpha value is -1.27. The highest BCUT2D eigenvalue weighted by atomic mass is 16.2. The first-order chi connectivity index (χ1) is 10.7. The average Bonchev–Trinajstić information content (AvgIpc) is 2.48. The number of nitrogens with two attached hydrogens (primary N) is 1. The van der Waals surface area contributed by atoms with E-state index in [1.165, 1.54) is 0 Å². The van der Waals surface area contributed by atoms with Crippen molar-refractivity contribution in [3.63, 3.8) is 0 Å². The molecule has 1 fully saturated rings. The molecule has 132 valence electrons. The van der Waals surface area contributed by atoms with Gasteiger partial charge < -0.3 is 15.5 Å². The second kappa shape index (κ2) is 9.13. The average molecular weight is 326 g/mol. The van der Waals surface area contributed by atoms with Crippen LogP contribution in [-0.2, 0) is 14.4 Å². The molecule has 6 nitrogen and oxygen atoms in total. The summed E-state index contributed by atoms with van der Waals surface area (Å²) in [5.74, 6) is -1.05. The van der Waals surface area contributed by atoms with Crippen molar-refractivity contribution in [3.05, 3.63) is 0 Å². The molecule has 3 N–H and O–H groups in total. The summed E-state index contributed by atoms with van der Waals surface area (Å²) in [5.41, 5.74) is 5.85. The van der Waals surface area contributed by atoms with Gasteiger partial charge in [0.1, 0.15) is 0 Å². The van der Waals surface area contributed by atoms with Crippen LogP contribution in [0.15, 0.2) is 0 Å². The lowest BCUT2D eigenvalue weighted by atomic mass is 9.91. The van der Waals surface area contributed by atoms with Crippen LogP contribution in [0.4, 0.5) is 0 Å². The van der Waals surface area contributed by atoms with Crippen molar-refractivity contribution in [2.24, 2.45) is 11.7 Å². The largest absolute Gasteiger partial charge is 0.356 e. The fraction of sp³-hybridized carbons (Fsp3) is 0.824. The topological polar surface area (TPSA) is 89.3 Å². The smallest absolute Gasteiger partial charge is 0.223 e. The van der Waals surface area contributed by atoms with Crippen molar-refractivity contribution in [3.8, 4) is 0 Å². The number of piperidine rings is 1. The van der Waals surface area contributed by atoms with Crippen LogP contribution >= 0.6 is 0 Å². The Morgan fingerprint density at radius 2 is 2.00 bits per heavy atom. The van der Waals surface area contributed by atoms with Crippen LogP contribution in [-0.4, -0.2) is 62.2 Å². The van der Waals surface area contributed by atoms with Gasteiger partial charge in [-0.05, 0) is 38.5 Å². The Kier molecular flexibility index (Phi) is 7.85. The molecule has 0 aromatic carbocycles. The third-order valence-corrected chi connectivity index (χ3v) is 4.32. The minimum absolute atomic E-state index is 0.00102. The van der Waals surface area contributed by atoms with Crippen LogP contribution in [0, 0.1) is 5.92 Å². The summed E-state index contributed by atoms with van der Waals surface area (Å²) in [6.07, 6.45) is 4.69. The van der Waals surface area contributed by atoms with E-state index in [2.05, 4.69) is 26.5 Å². The van der Waals surface area contributed by atoms with Crippen molar-refractivity contribution in [1.29, 1.82) is 0 Å². The fourth-order valence-electron chi connectivity index (χ4n) is 2.83. The van der Waals surface area contributed by atoms with E-state index in [0.29, 0.717) is 19.4 Å². The molecule has 6 heteroatoms. The molecular weight excluding hydrogens is 294 g/mol. The van der Waals surface area contributed by atoms with Crippen molar-refractivity contribution in [2.75, 3.05) is 34.2 Å². The Bertz CT molecular complexity index is 429. The third-order valence-electron chi connectivity index (χ3n) is 4.32. The standard InChI is InChI=1S/C17H31N3O3/c1-20(2,3)12-5-4-8-14(18)16(22)15(21)10-9-13-7-6-11-19-17(13)23/h13-14H,4-12,18H2,1-3H3/p+1/t13-,14-/m0/s1. The molecule has 0 saturated carbocycles. The van der Waals surface area contributed by atoms with Crippen LogP contribution in [0.25, 0.3) is 0 Å². The van der Waals surface area contributed by atoms with Gasteiger partial charge in [-0.3, -0.25) is 14.4 Å². The molecule has 1 rings (SSSR count). The van der Waals surface area contributed by atoms with Crippen LogP contribution in [0.1, 0.15) is 44.9 Å². The molecule has 1 aliphatic rings. The number of rotatable bonds is 10. The maximum Gasteiger partial charge on any atom is 0.223 e. The van der Waals surface area contributed by atoms with Crippen molar-refractivity contribution < 1.29 is 18.9 Å². The van der Waals surface area contributed by atoms with Crippen molar-refractivity contribution in [2.45, 2.75) is 51.0 Å². The van der Waals surface area contributed by atoms with Gasteiger partial charge >= 0.3 is 0 Å². The molecule has 23 heavy (non-hydrogen) atoms. The number of quaternary nitrogens is 1. The van der Waals surface area contributed by atoms with E-state index in [4.69, 9.17) is 5.73 Å². The Morgan fingerprint density at radius 3 is 2.61 bits per heavy atom. The monoisotopic (exact) mass is 326 g/mol. The second-order valence-electron chi connectivity index (χ2n) is 7.57. The van der Waals surface area contributed by atoms with Gasteiger partial charge in [0.15, 0.2) is 5.78 Å². The molecule has 0 unspecified atom stereocenters. The molecule has 1 amide bonds. The van der Waals surface area contributed by atoms with Gasteiger partial charge in [0.2, 0.25) is 11.7 Å². The lowest BCUT2D eigenvalue weighted by Crippen LogP contribution is -2.39. The Labute approximate surface area is 139 Å². The summed E-state index contributed by atoms with van der Waals surface area (Å²) >= 11 is 0. The highest BCUT2D eigenvalue weighted by molar-refractivity contribution is 6.39. The maximum atomic E-state index is 12.0. The van der Waals surface area contributed by atoms with Crippen molar-refractivity contribution in [1.82, 2.24) is 5.32 Å². The normalized spacial score (nSPS) is 20.0. The summed E-state index contributed by atoms with van der Waals surface area (Å²) in [6, 6.07) is -0.699. The van der Waals surface area contributed by atoms with Gasteiger partial charge in [0, 0.05) is 18.9 Å². The molecule has 0 aromatic rings. The zero-order chi connectivity index (χ0) is 17.5. The molecule has 1 heterocycles. The molecule has 0 bridgehead atoms. The highest BCUT2D eigenvalue weighted by Crippen LogP contribution is 2.17. The van der Waals surface area contributed by atoms with Gasteiger partial charge in [0.05, 0.1) is 33.7 Å². The molecule has 0 spiro atoms. The predicted octanol–water partition coefficient (Wildman–Crippen LogP) is 0.635. The molecule has 0 aliphatic carbocycles. The maximum absolute atomic E-state index is 12.0. The quantitative estimate of drug-likeness (QED) is 0.350. The molecule has 0 radical (unpaired) electrons. The number of carbonyl (C=O) groups is 3. The molecular formula is C17H32N3O3+. The number of unbranched alkanes of at least 4 members (excludes halogenated alkanes) is 1. The number of amides is 1. The van der Waals surface area contributed by atoms with Gasteiger partial charge in [0.25, 0.3) is 0 Å². The Morgan fingerprint density at radius 1 is 1.30 bits per heavy atom. The van der Waals surface area contributed by atoms with E-state index in [9.17, 15) is 14.4 Å². The summed E-state index contributed by atoms with van der Waals surface area (Å²) in [7, 11) is 6.36. The third kappa shape index (κ3) is 7.70. The molecule has 1 aliphatic heterocycles. The number of ketones is 2. The second-order valence-corrected chi connectivity index (χ2v) is 7.57. The minimum Gasteiger partial charge on any atom is -0.356 e. The number of nitrogens with zero attached hydrogens (tertiary/aromatic N) is 1. The van der Waals surface area contributed by atoms with Crippen molar-refractivity contribution >= 4 is 17.5 Å². The first-order valence-electron chi connectivity index (χ1n) is 8.61. The fourth-order valence-corrected chi connectivity index (χ4v) is 2.83. The van der Waals surface area contributed by atoms with E-state index in [-0.39, 0.29) is 18.2 Å². The summed E-state index contributed by atoms with van der Waals surface area (Å²) in [5, 5.41) is 2.79. The number of nitrogens with one attached hydrogen (secondary N) is 1. The van der Waals surface area contributed by atoms with Crippen LogP contribution in [0.5, 0.6) is 0 Å². The van der Waals surface area contributed by atoms with Gasteiger partial charge in [-0.1, -0.05) is 0 Å². The van der Waals surface area contributed by atoms with E-state index < -0.39 is 17.6 Å². The van der Waals surface area contributed by atoms with Crippen LogP contribution in [0.2, 0.25) is 0 Å². The Balaban J connectivity index is 2.26. The van der Waals surface area contributed by atoms with Crippen LogP contribution in [0.3, 0.4) is 0 Å². The number of hydrogen-bond donors (Lipinski definition) is 2. The predicted molar refractivity (Wildman–Crippen MR) is 89.7 cm³/mol. The zero-order valence-corrected chi connectivity index (χ0v) is 14.8. The molecule has 2 atom stereocenters. The zero-order valence-electron chi connectivity index (χ0n) is 14.8. The van der Waals surface area contributed by atoms with E-state index in [1.807, 2.05) is 0 Å². The first-order valence-corrected chi connectivity index (χ1v) is 8.61. The number of hydrogen-bond acceptors (Lipinski definition) is 4. The lowest BCUT2D eigenvalue weighted by Gasteiger charge is -2.23. The van der Waals surface area contributed by atoms with Gasteiger partial charge in [-0.25, -0.2) is 0 Å². The van der Waals surface area contributed by atoms with E-state index in [1.54, 1.807) is 0 Å². The molecule has 1 saturated heterocycles. The summed E-state index contributed by atoms with van der Waals surface area (Å²) in [6.45, 7) is 1.73. The lowest BCUT2D eigenvalue weighted by molar-refractivity contribution is -0.870. The first kappa shape index (κ1) is 19.8. The van der Waals surface area contributed by atoms with E-state index in [0.717, 1.165) is 36.7 Å². The number of Topliss-reactive ketones (excluding diaryl/α,β-unsaturated/α-hetero) is 2. The minimum atomic E-state index is -0.699. The SMILES string of the molecule is C[N+](C)(C)CCCC[C@H](N)C(=O)C(=O)CC[C@@H]1CCCNC1=O. The van der Waals surface area contributed by atoms with Crippen LogP contribution < -0.4 is 11.1 Å².